The van der Waals surface area contributed by atoms with Crippen LogP contribution in [-0.2, 0) is 9.59 Å². The molecule has 1 saturated heterocycles. The van der Waals surface area contributed by atoms with E-state index in [0.717, 1.165) is 5.69 Å². The Balaban J connectivity index is 2.28. The normalized spacial score (nSPS) is 20.8. The predicted molar refractivity (Wildman–Crippen MR) is 60.8 cm³/mol. The van der Waals surface area contributed by atoms with Crippen molar-refractivity contribution >= 4 is 23.2 Å². The van der Waals surface area contributed by atoms with Gasteiger partial charge < -0.3 is 10.6 Å². The van der Waals surface area contributed by atoms with Crippen molar-refractivity contribution in [3.8, 4) is 0 Å². The average molecular weight is 219 g/mol. The molecule has 1 aromatic rings. The van der Waals surface area contributed by atoms with Gasteiger partial charge in [0.05, 0.1) is 6.54 Å². The fourth-order valence-corrected chi connectivity index (χ4v) is 1.70. The van der Waals surface area contributed by atoms with Crippen molar-refractivity contribution in [3.63, 3.8) is 0 Å². The average Bonchev–Trinajstić information content (AvgIpc) is 2.25. The van der Waals surface area contributed by atoms with Crippen LogP contribution in [0.25, 0.3) is 0 Å². The number of carbonyl (C=O) groups is 2. The summed E-state index contributed by atoms with van der Waals surface area (Å²) in [5, 5.41) is 2.30. The van der Waals surface area contributed by atoms with Gasteiger partial charge in [-0.2, -0.15) is 0 Å². The van der Waals surface area contributed by atoms with Crippen LogP contribution in [0, 0.1) is 0 Å². The van der Waals surface area contributed by atoms with Gasteiger partial charge in [0, 0.05) is 11.4 Å². The van der Waals surface area contributed by atoms with E-state index in [4.69, 9.17) is 5.73 Å². The number of carbonyl (C=O) groups excluding carboxylic acids is 2. The number of amides is 2. The van der Waals surface area contributed by atoms with Crippen LogP contribution in [0.2, 0.25) is 0 Å². The SMILES string of the molecule is CC1C(=O)NC(=O)CN1c1ccc(N)cc1. The van der Waals surface area contributed by atoms with E-state index in [0.29, 0.717) is 5.69 Å². The summed E-state index contributed by atoms with van der Waals surface area (Å²) in [5.41, 5.74) is 7.06. The third kappa shape index (κ3) is 1.84. The van der Waals surface area contributed by atoms with Crippen molar-refractivity contribution in [1.82, 2.24) is 5.32 Å². The first-order chi connectivity index (χ1) is 7.58. The zero-order valence-corrected chi connectivity index (χ0v) is 8.93. The third-order valence-electron chi connectivity index (χ3n) is 2.65. The first kappa shape index (κ1) is 10.5. The fourth-order valence-electron chi connectivity index (χ4n) is 1.70. The number of imide groups is 1. The monoisotopic (exact) mass is 219 g/mol. The largest absolute Gasteiger partial charge is 0.399 e. The van der Waals surface area contributed by atoms with E-state index in [9.17, 15) is 9.59 Å². The quantitative estimate of drug-likeness (QED) is 0.519. The van der Waals surface area contributed by atoms with E-state index >= 15 is 0 Å². The Morgan fingerprint density at radius 3 is 2.56 bits per heavy atom. The van der Waals surface area contributed by atoms with Crippen molar-refractivity contribution in [3.05, 3.63) is 24.3 Å². The van der Waals surface area contributed by atoms with Crippen LogP contribution in [0.5, 0.6) is 0 Å². The molecule has 3 N–H and O–H groups in total. The number of piperazine rings is 1. The highest BCUT2D eigenvalue weighted by molar-refractivity contribution is 6.04. The lowest BCUT2D eigenvalue weighted by Crippen LogP contribution is -2.57. The molecule has 1 fully saturated rings. The van der Waals surface area contributed by atoms with Gasteiger partial charge in [-0.25, -0.2) is 0 Å². The number of benzene rings is 1. The van der Waals surface area contributed by atoms with Crippen molar-refractivity contribution < 1.29 is 9.59 Å². The minimum absolute atomic E-state index is 0.191. The van der Waals surface area contributed by atoms with Crippen LogP contribution in [0.3, 0.4) is 0 Å². The molecular weight excluding hydrogens is 206 g/mol. The standard InChI is InChI=1S/C11H13N3O2/c1-7-11(16)13-10(15)6-14(7)9-4-2-8(12)3-5-9/h2-5,7H,6,12H2,1H3,(H,13,15,16). The number of hydrogen-bond donors (Lipinski definition) is 2. The molecule has 1 atom stereocenters. The van der Waals surface area contributed by atoms with Gasteiger partial charge in [-0.15, -0.1) is 0 Å². The molecule has 84 valence electrons. The van der Waals surface area contributed by atoms with Crippen LogP contribution in [0.1, 0.15) is 6.92 Å². The Hall–Kier alpha value is -2.04. The summed E-state index contributed by atoms with van der Waals surface area (Å²) in [5.74, 6) is -0.548. The second-order valence-electron chi connectivity index (χ2n) is 3.81. The smallest absolute Gasteiger partial charge is 0.249 e. The van der Waals surface area contributed by atoms with E-state index in [2.05, 4.69) is 5.32 Å². The van der Waals surface area contributed by atoms with Crippen LogP contribution in [0.15, 0.2) is 24.3 Å². The Morgan fingerprint density at radius 1 is 1.31 bits per heavy atom. The number of nitrogens with one attached hydrogen (secondary N) is 1. The van der Waals surface area contributed by atoms with Gasteiger partial charge in [0.1, 0.15) is 6.04 Å². The van der Waals surface area contributed by atoms with Crippen molar-refractivity contribution in [2.24, 2.45) is 0 Å². The van der Waals surface area contributed by atoms with E-state index in [1.54, 1.807) is 36.1 Å². The fraction of sp³-hybridized carbons (Fsp3) is 0.273. The number of nitrogen functional groups attached to an aromatic ring is 1. The molecular formula is C11H13N3O2. The number of hydrogen-bond acceptors (Lipinski definition) is 4. The maximum absolute atomic E-state index is 11.5. The Labute approximate surface area is 93.2 Å². The summed E-state index contributed by atoms with van der Waals surface area (Å²) in [6.07, 6.45) is 0. The predicted octanol–water partition coefficient (Wildman–Crippen LogP) is 0.120. The molecule has 0 aromatic heterocycles. The molecule has 0 saturated carbocycles. The molecule has 2 rings (SSSR count). The van der Waals surface area contributed by atoms with Crippen LogP contribution >= 0.6 is 0 Å². The number of anilines is 2. The Morgan fingerprint density at radius 2 is 1.94 bits per heavy atom. The third-order valence-corrected chi connectivity index (χ3v) is 2.65. The van der Waals surface area contributed by atoms with Gasteiger partial charge in [0.15, 0.2) is 0 Å². The van der Waals surface area contributed by atoms with Gasteiger partial charge in [0.25, 0.3) is 0 Å². The van der Waals surface area contributed by atoms with E-state index in [1.807, 2.05) is 0 Å². The van der Waals surface area contributed by atoms with Gasteiger partial charge in [-0.1, -0.05) is 0 Å². The zero-order valence-electron chi connectivity index (χ0n) is 8.93. The van der Waals surface area contributed by atoms with Crippen LogP contribution in [-0.4, -0.2) is 24.4 Å². The molecule has 1 aliphatic heterocycles. The van der Waals surface area contributed by atoms with E-state index in [1.165, 1.54) is 0 Å². The van der Waals surface area contributed by atoms with E-state index in [-0.39, 0.29) is 24.4 Å². The molecule has 16 heavy (non-hydrogen) atoms. The summed E-state index contributed by atoms with van der Waals surface area (Å²) < 4.78 is 0. The lowest BCUT2D eigenvalue weighted by Gasteiger charge is -2.33. The lowest BCUT2D eigenvalue weighted by molar-refractivity contribution is -0.132. The van der Waals surface area contributed by atoms with Crippen molar-refractivity contribution in [2.75, 3.05) is 17.2 Å². The number of nitrogens with two attached hydrogens (primary N) is 1. The Bertz CT molecular complexity index is 427. The topological polar surface area (TPSA) is 75.4 Å². The summed E-state index contributed by atoms with van der Waals surface area (Å²) in [6, 6.07) is 6.76. The molecule has 0 bridgehead atoms. The molecule has 0 spiro atoms. The second kappa shape index (κ2) is 3.84. The minimum atomic E-state index is -0.346. The first-order valence-electron chi connectivity index (χ1n) is 5.04. The maximum Gasteiger partial charge on any atom is 0.249 e. The van der Waals surface area contributed by atoms with Crippen molar-refractivity contribution in [2.45, 2.75) is 13.0 Å². The summed E-state index contributed by atoms with van der Waals surface area (Å²) in [4.78, 5) is 24.5. The summed E-state index contributed by atoms with van der Waals surface area (Å²) in [6.45, 7) is 1.95. The molecule has 5 nitrogen and oxygen atoms in total. The first-order valence-corrected chi connectivity index (χ1v) is 5.04. The van der Waals surface area contributed by atoms with Gasteiger partial charge in [-0.05, 0) is 31.2 Å². The van der Waals surface area contributed by atoms with Crippen LogP contribution < -0.4 is 16.0 Å². The maximum atomic E-state index is 11.5. The minimum Gasteiger partial charge on any atom is -0.399 e. The van der Waals surface area contributed by atoms with Gasteiger partial charge >= 0.3 is 0 Å². The summed E-state index contributed by atoms with van der Waals surface area (Å²) in [7, 11) is 0. The zero-order chi connectivity index (χ0) is 11.7. The molecule has 1 heterocycles. The molecule has 0 radical (unpaired) electrons. The highest BCUT2D eigenvalue weighted by Crippen LogP contribution is 2.20. The van der Waals surface area contributed by atoms with Gasteiger partial charge in [0.2, 0.25) is 11.8 Å². The van der Waals surface area contributed by atoms with E-state index < -0.39 is 0 Å². The molecule has 5 heteroatoms. The second-order valence-corrected chi connectivity index (χ2v) is 3.81. The van der Waals surface area contributed by atoms with Crippen LogP contribution in [0.4, 0.5) is 11.4 Å². The Kier molecular flexibility index (Phi) is 2.52. The lowest BCUT2D eigenvalue weighted by atomic mass is 10.1. The van der Waals surface area contributed by atoms with Gasteiger partial charge in [-0.3, -0.25) is 14.9 Å². The highest BCUT2D eigenvalue weighted by Gasteiger charge is 2.30. The number of nitrogens with zero attached hydrogens (tertiary/aromatic N) is 1. The van der Waals surface area contributed by atoms with Crippen molar-refractivity contribution in [1.29, 1.82) is 0 Å². The number of rotatable bonds is 1. The highest BCUT2D eigenvalue weighted by atomic mass is 16.2. The molecule has 1 aromatic carbocycles. The molecule has 1 aliphatic rings. The molecule has 0 aliphatic carbocycles. The molecule has 2 amide bonds. The summed E-state index contributed by atoms with van der Waals surface area (Å²) >= 11 is 0. The molecule has 1 unspecified atom stereocenters.